The number of benzene rings is 1. The van der Waals surface area contributed by atoms with E-state index in [4.69, 9.17) is 0 Å². The molecule has 1 aliphatic rings. The number of aromatic nitrogens is 2. The molecule has 4 nitrogen and oxygen atoms in total. The fourth-order valence-corrected chi connectivity index (χ4v) is 2.75. The molecule has 1 aromatic carbocycles. The monoisotopic (exact) mass is 268 g/mol. The van der Waals surface area contributed by atoms with Crippen molar-refractivity contribution in [1.82, 2.24) is 10.2 Å². The first-order valence-corrected chi connectivity index (χ1v) is 7.23. The standard InChI is InChI=1S/C16H20N4/c1-17-13-7-4-8-14(11-13)18-16-10-9-15(19-20-16)12-5-2-3-6-12/h4,7-12,17H,2-3,5-6H2,1H3,(H,18,20). The highest BCUT2D eigenvalue weighted by Gasteiger charge is 2.18. The van der Waals surface area contributed by atoms with Gasteiger partial charge in [-0.15, -0.1) is 5.10 Å². The van der Waals surface area contributed by atoms with Crippen LogP contribution in [-0.2, 0) is 0 Å². The van der Waals surface area contributed by atoms with Crippen LogP contribution in [-0.4, -0.2) is 17.2 Å². The van der Waals surface area contributed by atoms with Crippen molar-refractivity contribution in [2.24, 2.45) is 0 Å². The summed E-state index contributed by atoms with van der Waals surface area (Å²) in [6.07, 6.45) is 5.16. The highest BCUT2D eigenvalue weighted by molar-refractivity contribution is 5.62. The second kappa shape index (κ2) is 5.90. The summed E-state index contributed by atoms with van der Waals surface area (Å²) in [6.45, 7) is 0. The molecule has 1 heterocycles. The highest BCUT2D eigenvalue weighted by Crippen LogP contribution is 2.32. The maximum absolute atomic E-state index is 4.37. The molecular weight excluding hydrogens is 248 g/mol. The van der Waals surface area contributed by atoms with Gasteiger partial charge in [-0.25, -0.2) is 0 Å². The second-order valence-corrected chi connectivity index (χ2v) is 5.28. The third-order valence-electron chi connectivity index (χ3n) is 3.88. The van der Waals surface area contributed by atoms with E-state index in [1.165, 1.54) is 25.7 Å². The number of nitrogens with one attached hydrogen (secondary N) is 2. The smallest absolute Gasteiger partial charge is 0.153 e. The minimum absolute atomic E-state index is 0.615. The van der Waals surface area contributed by atoms with Crippen molar-refractivity contribution in [3.63, 3.8) is 0 Å². The van der Waals surface area contributed by atoms with Crippen LogP contribution in [0.5, 0.6) is 0 Å². The van der Waals surface area contributed by atoms with Crippen LogP contribution in [0.2, 0.25) is 0 Å². The van der Waals surface area contributed by atoms with Crippen LogP contribution < -0.4 is 10.6 Å². The van der Waals surface area contributed by atoms with E-state index in [0.717, 1.165) is 22.9 Å². The van der Waals surface area contributed by atoms with Gasteiger partial charge in [-0.05, 0) is 43.2 Å². The molecule has 1 saturated carbocycles. The summed E-state index contributed by atoms with van der Waals surface area (Å²) in [6, 6.07) is 12.2. The van der Waals surface area contributed by atoms with Crippen molar-refractivity contribution in [1.29, 1.82) is 0 Å². The molecule has 2 N–H and O–H groups in total. The summed E-state index contributed by atoms with van der Waals surface area (Å²) in [7, 11) is 1.91. The minimum atomic E-state index is 0.615. The molecule has 0 unspecified atom stereocenters. The van der Waals surface area contributed by atoms with Gasteiger partial charge in [0.25, 0.3) is 0 Å². The van der Waals surface area contributed by atoms with Gasteiger partial charge >= 0.3 is 0 Å². The fraction of sp³-hybridized carbons (Fsp3) is 0.375. The molecule has 1 aromatic heterocycles. The molecule has 1 aliphatic carbocycles. The van der Waals surface area contributed by atoms with Crippen LogP contribution >= 0.6 is 0 Å². The Kier molecular flexibility index (Phi) is 3.81. The van der Waals surface area contributed by atoms with Crippen molar-refractivity contribution in [2.45, 2.75) is 31.6 Å². The summed E-state index contributed by atoms with van der Waals surface area (Å²) in [5.74, 6) is 1.41. The van der Waals surface area contributed by atoms with Crippen LogP contribution in [0.3, 0.4) is 0 Å². The van der Waals surface area contributed by atoms with Gasteiger partial charge in [-0.2, -0.15) is 5.10 Å². The molecule has 3 rings (SSSR count). The van der Waals surface area contributed by atoms with Crippen molar-refractivity contribution in [2.75, 3.05) is 17.7 Å². The van der Waals surface area contributed by atoms with Crippen molar-refractivity contribution >= 4 is 17.2 Å². The molecule has 0 atom stereocenters. The fourth-order valence-electron chi connectivity index (χ4n) is 2.75. The molecule has 20 heavy (non-hydrogen) atoms. The molecule has 1 fully saturated rings. The van der Waals surface area contributed by atoms with Gasteiger partial charge in [-0.1, -0.05) is 18.9 Å². The molecule has 0 radical (unpaired) electrons. The number of anilines is 3. The van der Waals surface area contributed by atoms with Crippen LogP contribution in [0.25, 0.3) is 0 Å². The molecule has 0 bridgehead atoms. The molecule has 2 aromatic rings. The van der Waals surface area contributed by atoms with Crippen molar-refractivity contribution in [3.8, 4) is 0 Å². The number of nitrogens with zero attached hydrogens (tertiary/aromatic N) is 2. The van der Waals surface area contributed by atoms with E-state index in [0.29, 0.717) is 5.92 Å². The van der Waals surface area contributed by atoms with Crippen LogP contribution in [0, 0.1) is 0 Å². The molecule has 0 spiro atoms. The molecular formula is C16H20N4. The van der Waals surface area contributed by atoms with Gasteiger partial charge in [0.05, 0.1) is 5.69 Å². The quantitative estimate of drug-likeness (QED) is 0.882. The minimum Gasteiger partial charge on any atom is -0.388 e. The second-order valence-electron chi connectivity index (χ2n) is 5.28. The first-order chi connectivity index (χ1) is 9.85. The first kappa shape index (κ1) is 12.9. The van der Waals surface area contributed by atoms with E-state index in [1.54, 1.807) is 0 Å². The molecule has 0 amide bonds. The lowest BCUT2D eigenvalue weighted by atomic mass is 10.0. The van der Waals surface area contributed by atoms with Gasteiger partial charge in [0.15, 0.2) is 5.82 Å². The summed E-state index contributed by atoms with van der Waals surface area (Å²) in [4.78, 5) is 0. The normalized spacial score (nSPS) is 15.2. The van der Waals surface area contributed by atoms with Crippen LogP contribution in [0.1, 0.15) is 37.3 Å². The third kappa shape index (κ3) is 2.90. The predicted molar refractivity (Wildman–Crippen MR) is 82.5 cm³/mol. The SMILES string of the molecule is CNc1cccc(Nc2ccc(C3CCCC3)nn2)c1. The summed E-state index contributed by atoms with van der Waals surface area (Å²) < 4.78 is 0. The number of hydrogen-bond donors (Lipinski definition) is 2. The van der Waals surface area contributed by atoms with E-state index in [9.17, 15) is 0 Å². The van der Waals surface area contributed by atoms with Gasteiger partial charge < -0.3 is 10.6 Å². The maximum atomic E-state index is 4.37. The molecule has 0 aliphatic heterocycles. The zero-order valence-corrected chi connectivity index (χ0v) is 11.8. The lowest BCUT2D eigenvalue weighted by Gasteiger charge is -2.10. The highest BCUT2D eigenvalue weighted by atomic mass is 15.2. The van der Waals surface area contributed by atoms with Crippen LogP contribution in [0.4, 0.5) is 17.2 Å². The Bertz CT molecular complexity index is 559. The van der Waals surface area contributed by atoms with Gasteiger partial charge in [0.1, 0.15) is 0 Å². The van der Waals surface area contributed by atoms with Gasteiger partial charge in [-0.3, -0.25) is 0 Å². The van der Waals surface area contributed by atoms with E-state index >= 15 is 0 Å². The number of rotatable bonds is 4. The van der Waals surface area contributed by atoms with E-state index in [1.807, 2.05) is 37.4 Å². The van der Waals surface area contributed by atoms with Crippen molar-refractivity contribution < 1.29 is 0 Å². The average molecular weight is 268 g/mol. The summed E-state index contributed by atoms with van der Waals surface area (Å²) in [5.41, 5.74) is 3.22. The Morgan fingerprint density at radius 3 is 2.50 bits per heavy atom. The zero-order chi connectivity index (χ0) is 13.8. The Morgan fingerprint density at radius 1 is 1.00 bits per heavy atom. The molecule has 104 valence electrons. The lowest BCUT2D eigenvalue weighted by molar-refractivity contribution is 0.681. The molecule has 0 saturated heterocycles. The number of hydrogen-bond acceptors (Lipinski definition) is 4. The Labute approximate surface area is 119 Å². The maximum Gasteiger partial charge on any atom is 0.153 e. The summed E-state index contributed by atoms with van der Waals surface area (Å²) >= 11 is 0. The Hall–Kier alpha value is -2.10. The first-order valence-electron chi connectivity index (χ1n) is 7.23. The predicted octanol–water partition coefficient (Wildman–Crippen LogP) is 3.92. The van der Waals surface area contributed by atoms with E-state index in [-0.39, 0.29) is 0 Å². The Morgan fingerprint density at radius 2 is 1.80 bits per heavy atom. The molecule has 4 heteroatoms. The summed E-state index contributed by atoms with van der Waals surface area (Å²) in [5, 5.41) is 15.1. The zero-order valence-electron chi connectivity index (χ0n) is 11.8. The van der Waals surface area contributed by atoms with Crippen molar-refractivity contribution in [3.05, 3.63) is 42.1 Å². The Balaban J connectivity index is 1.71. The van der Waals surface area contributed by atoms with Gasteiger partial charge in [0, 0.05) is 24.3 Å². The third-order valence-corrected chi connectivity index (χ3v) is 3.88. The lowest BCUT2D eigenvalue weighted by Crippen LogP contribution is -2.01. The van der Waals surface area contributed by atoms with E-state index in [2.05, 4.69) is 26.9 Å². The van der Waals surface area contributed by atoms with E-state index < -0.39 is 0 Å². The van der Waals surface area contributed by atoms with Gasteiger partial charge in [0.2, 0.25) is 0 Å². The average Bonchev–Trinajstić information content (AvgIpc) is 3.02. The largest absolute Gasteiger partial charge is 0.388 e. The topological polar surface area (TPSA) is 49.8 Å². The van der Waals surface area contributed by atoms with Crippen LogP contribution in [0.15, 0.2) is 36.4 Å².